The molecule has 0 unspecified atom stereocenters. The first-order chi connectivity index (χ1) is 12.9. The molecule has 0 fully saturated rings. The van der Waals surface area contributed by atoms with E-state index in [4.69, 9.17) is 9.47 Å². The van der Waals surface area contributed by atoms with Crippen LogP contribution in [0.3, 0.4) is 0 Å². The van der Waals surface area contributed by atoms with Crippen LogP contribution in [-0.2, 0) is 11.2 Å². The van der Waals surface area contributed by atoms with E-state index >= 15 is 0 Å². The SMILES string of the molecule is CCCc1nc(S/C(=C/c2ccc(OC(C)C)c(OCC)c2)C(=O)[O-])n[nH]1. The van der Waals surface area contributed by atoms with E-state index in [1.807, 2.05) is 27.7 Å². The number of carboxylic acids is 1. The van der Waals surface area contributed by atoms with Gasteiger partial charge in [-0.25, -0.2) is 4.98 Å². The number of nitrogens with zero attached hydrogens (tertiary/aromatic N) is 2. The van der Waals surface area contributed by atoms with Gasteiger partial charge in [0.05, 0.1) is 18.7 Å². The van der Waals surface area contributed by atoms with Gasteiger partial charge >= 0.3 is 0 Å². The third-order valence-electron chi connectivity index (χ3n) is 3.33. The first-order valence-corrected chi connectivity index (χ1v) is 9.70. The summed E-state index contributed by atoms with van der Waals surface area (Å²) in [6.07, 6.45) is 3.20. The van der Waals surface area contributed by atoms with Crippen LogP contribution in [0.2, 0.25) is 0 Å². The lowest BCUT2D eigenvalue weighted by atomic mass is 10.2. The maximum absolute atomic E-state index is 11.5. The van der Waals surface area contributed by atoms with E-state index in [0.29, 0.717) is 28.8 Å². The van der Waals surface area contributed by atoms with Crippen LogP contribution >= 0.6 is 11.8 Å². The van der Waals surface area contributed by atoms with Crippen molar-refractivity contribution in [1.82, 2.24) is 15.2 Å². The lowest BCUT2D eigenvalue weighted by molar-refractivity contribution is -0.298. The Morgan fingerprint density at radius 2 is 2.11 bits per heavy atom. The normalized spacial score (nSPS) is 11.7. The third kappa shape index (κ3) is 6.32. The van der Waals surface area contributed by atoms with Crippen LogP contribution in [0.1, 0.15) is 45.5 Å². The average molecular weight is 390 g/mol. The van der Waals surface area contributed by atoms with Gasteiger partial charge in [0.25, 0.3) is 0 Å². The number of carboxylic acid groups (broad SMARTS) is 1. The van der Waals surface area contributed by atoms with Gasteiger partial charge in [-0.05, 0) is 62.7 Å². The number of hydrogen-bond donors (Lipinski definition) is 1. The van der Waals surface area contributed by atoms with Crippen molar-refractivity contribution in [2.45, 2.75) is 51.8 Å². The number of aliphatic carboxylic acids is 1. The summed E-state index contributed by atoms with van der Waals surface area (Å²) in [5.74, 6) is 0.615. The number of carbonyl (C=O) groups is 1. The zero-order valence-corrected chi connectivity index (χ0v) is 16.8. The number of hydrogen-bond acceptors (Lipinski definition) is 7. The van der Waals surface area contributed by atoms with Gasteiger partial charge in [0.15, 0.2) is 11.5 Å². The van der Waals surface area contributed by atoms with Crippen LogP contribution < -0.4 is 14.6 Å². The summed E-state index contributed by atoms with van der Waals surface area (Å²) in [6, 6.07) is 5.27. The van der Waals surface area contributed by atoms with Gasteiger partial charge < -0.3 is 19.4 Å². The van der Waals surface area contributed by atoms with Gasteiger partial charge in [-0.1, -0.05) is 13.0 Å². The van der Waals surface area contributed by atoms with E-state index in [-0.39, 0.29) is 11.0 Å². The second kappa shape index (κ2) is 10.0. The molecule has 0 saturated heterocycles. The fraction of sp³-hybridized carbons (Fsp3) is 0.421. The highest BCUT2D eigenvalue weighted by molar-refractivity contribution is 8.04. The summed E-state index contributed by atoms with van der Waals surface area (Å²) in [7, 11) is 0. The number of benzene rings is 1. The maximum atomic E-state index is 11.5. The van der Waals surface area contributed by atoms with Crippen molar-refractivity contribution in [3.05, 3.63) is 34.5 Å². The van der Waals surface area contributed by atoms with Crippen molar-refractivity contribution in [3.63, 3.8) is 0 Å². The Kier molecular flexibility index (Phi) is 7.72. The Morgan fingerprint density at radius 3 is 2.74 bits per heavy atom. The molecule has 8 heteroatoms. The number of aromatic nitrogens is 3. The largest absolute Gasteiger partial charge is 0.544 e. The molecule has 2 rings (SSSR count). The Balaban J connectivity index is 2.27. The molecule has 0 spiro atoms. The average Bonchev–Trinajstić information content (AvgIpc) is 3.04. The third-order valence-corrected chi connectivity index (χ3v) is 4.20. The molecule has 0 aliphatic heterocycles. The number of carbonyl (C=O) groups excluding carboxylic acids is 1. The van der Waals surface area contributed by atoms with Crippen molar-refractivity contribution in [2.75, 3.05) is 6.61 Å². The minimum Gasteiger partial charge on any atom is -0.544 e. The summed E-state index contributed by atoms with van der Waals surface area (Å²) in [5.41, 5.74) is 0.658. The summed E-state index contributed by atoms with van der Waals surface area (Å²) >= 11 is 0.946. The van der Waals surface area contributed by atoms with Gasteiger partial charge in [-0.2, -0.15) is 0 Å². The second-order valence-corrected chi connectivity index (χ2v) is 7.03. The number of H-pyrrole nitrogens is 1. The van der Waals surface area contributed by atoms with Crippen molar-refractivity contribution in [1.29, 1.82) is 0 Å². The van der Waals surface area contributed by atoms with Crippen LogP contribution in [0.25, 0.3) is 6.08 Å². The van der Waals surface area contributed by atoms with E-state index in [0.717, 1.165) is 30.4 Å². The molecule has 146 valence electrons. The predicted molar refractivity (Wildman–Crippen MR) is 103 cm³/mol. The molecule has 1 aromatic carbocycles. The molecule has 7 nitrogen and oxygen atoms in total. The maximum Gasteiger partial charge on any atom is 0.213 e. The molecular formula is C19H24N3O4S-. The highest BCUT2D eigenvalue weighted by atomic mass is 32.2. The number of rotatable bonds is 10. The quantitative estimate of drug-likeness (QED) is 0.492. The Bertz CT molecular complexity index is 802. The number of ether oxygens (including phenoxy) is 2. The number of aromatic amines is 1. The van der Waals surface area contributed by atoms with Crippen molar-refractivity contribution < 1.29 is 19.4 Å². The van der Waals surface area contributed by atoms with E-state index in [1.54, 1.807) is 18.2 Å². The summed E-state index contributed by atoms with van der Waals surface area (Å²) in [6.45, 7) is 8.24. The second-order valence-electron chi connectivity index (χ2n) is 6.02. The van der Waals surface area contributed by atoms with Crippen LogP contribution in [0, 0.1) is 0 Å². The predicted octanol–water partition coefficient (Wildman–Crippen LogP) is 2.83. The van der Waals surface area contributed by atoms with E-state index in [9.17, 15) is 9.90 Å². The topological polar surface area (TPSA) is 100 Å². The molecule has 0 saturated carbocycles. The first-order valence-electron chi connectivity index (χ1n) is 8.88. The van der Waals surface area contributed by atoms with Gasteiger partial charge in [-0.3, -0.25) is 5.10 Å². The highest BCUT2D eigenvalue weighted by Gasteiger charge is 2.11. The summed E-state index contributed by atoms with van der Waals surface area (Å²) in [4.78, 5) is 15.8. The fourth-order valence-electron chi connectivity index (χ4n) is 2.29. The van der Waals surface area contributed by atoms with Crippen LogP contribution in [0.4, 0.5) is 0 Å². The van der Waals surface area contributed by atoms with Crippen molar-refractivity contribution in [3.8, 4) is 11.5 Å². The smallest absolute Gasteiger partial charge is 0.213 e. The molecule has 1 N–H and O–H groups in total. The molecule has 0 atom stereocenters. The van der Waals surface area contributed by atoms with Crippen molar-refractivity contribution in [2.24, 2.45) is 0 Å². The molecule has 1 heterocycles. The van der Waals surface area contributed by atoms with E-state index < -0.39 is 5.97 Å². The minimum atomic E-state index is -1.29. The number of aryl methyl sites for hydroxylation is 1. The zero-order valence-electron chi connectivity index (χ0n) is 15.9. The Morgan fingerprint density at radius 1 is 1.33 bits per heavy atom. The molecule has 0 amide bonds. The van der Waals surface area contributed by atoms with Crippen LogP contribution in [0.15, 0.2) is 28.3 Å². The Labute approximate surface area is 163 Å². The molecule has 0 aliphatic carbocycles. The van der Waals surface area contributed by atoms with E-state index in [1.165, 1.54) is 6.08 Å². The summed E-state index contributed by atoms with van der Waals surface area (Å²) < 4.78 is 11.3. The van der Waals surface area contributed by atoms with Crippen LogP contribution in [-0.4, -0.2) is 33.9 Å². The molecule has 0 bridgehead atoms. The molecule has 1 aromatic heterocycles. The monoisotopic (exact) mass is 390 g/mol. The van der Waals surface area contributed by atoms with Gasteiger partial charge in [0.1, 0.15) is 5.82 Å². The highest BCUT2D eigenvalue weighted by Crippen LogP contribution is 2.32. The Hall–Kier alpha value is -2.48. The standard InChI is InChI=1S/C19H25N3O4S/c1-5-7-17-20-19(22-21-17)27-16(18(23)24)11-13-8-9-14(26-12(3)4)15(10-13)25-6-2/h8-12H,5-7H2,1-4H3,(H,23,24)(H,20,21,22)/p-1/b16-11+. The van der Waals surface area contributed by atoms with E-state index in [2.05, 4.69) is 15.2 Å². The lowest BCUT2D eigenvalue weighted by Crippen LogP contribution is -2.23. The minimum absolute atomic E-state index is 0.00277. The molecule has 27 heavy (non-hydrogen) atoms. The van der Waals surface area contributed by atoms with Gasteiger partial charge in [-0.15, -0.1) is 5.10 Å². The molecule has 0 aliphatic rings. The molecule has 2 aromatic rings. The zero-order chi connectivity index (χ0) is 19.8. The van der Waals surface area contributed by atoms with Crippen LogP contribution in [0.5, 0.6) is 11.5 Å². The van der Waals surface area contributed by atoms with Crippen molar-refractivity contribution >= 4 is 23.8 Å². The molecular weight excluding hydrogens is 366 g/mol. The fourth-order valence-corrected chi connectivity index (χ4v) is 3.01. The first kappa shape index (κ1) is 20.8. The summed E-state index contributed by atoms with van der Waals surface area (Å²) in [5, 5.41) is 18.7. The number of nitrogens with one attached hydrogen (secondary N) is 1. The lowest BCUT2D eigenvalue weighted by Gasteiger charge is -2.15. The number of thioether (sulfide) groups is 1. The van der Waals surface area contributed by atoms with Gasteiger partial charge in [0, 0.05) is 11.3 Å². The molecule has 0 radical (unpaired) electrons. The van der Waals surface area contributed by atoms with Gasteiger partial charge in [0.2, 0.25) is 5.16 Å².